The van der Waals surface area contributed by atoms with E-state index in [1.165, 1.54) is 25.7 Å². The zero-order valence-electron chi connectivity index (χ0n) is 9.96. The lowest BCUT2D eigenvalue weighted by Gasteiger charge is -2.25. The molecular formula is C13H23NO. The molecule has 15 heavy (non-hydrogen) atoms. The van der Waals surface area contributed by atoms with Crippen LogP contribution in [0.2, 0.25) is 0 Å². The van der Waals surface area contributed by atoms with Crippen LogP contribution in [-0.2, 0) is 4.79 Å². The monoisotopic (exact) mass is 209 g/mol. The number of amides is 1. The molecule has 2 fully saturated rings. The van der Waals surface area contributed by atoms with Crippen LogP contribution < -0.4 is 5.32 Å². The Morgan fingerprint density at radius 2 is 2.00 bits per heavy atom. The average molecular weight is 209 g/mol. The maximum Gasteiger partial charge on any atom is 0.220 e. The summed E-state index contributed by atoms with van der Waals surface area (Å²) < 4.78 is 0. The van der Waals surface area contributed by atoms with Gasteiger partial charge in [-0.05, 0) is 24.2 Å². The third-order valence-electron chi connectivity index (χ3n) is 4.01. The van der Waals surface area contributed by atoms with Crippen molar-refractivity contribution < 1.29 is 4.79 Å². The number of nitrogens with one attached hydrogen (secondary N) is 1. The van der Waals surface area contributed by atoms with E-state index in [-0.39, 0.29) is 5.91 Å². The molecule has 0 radical (unpaired) electrons. The Morgan fingerprint density at radius 3 is 2.60 bits per heavy atom. The van der Waals surface area contributed by atoms with E-state index in [1.54, 1.807) is 0 Å². The zero-order chi connectivity index (χ0) is 10.8. The fourth-order valence-electron chi connectivity index (χ4n) is 3.35. The van der Waals surface area contributed by atoms with Gasteiger partial charge in [0.1, 0.15) is 0 Å². The predicted octanol–water partition coefficient (Wildman–Crippen LogP) is 2.73. The largest absolute Gasteiger partial charge is 0.353 e. The second-order valence-corrected chi connectivity index (χ2v) is 5.72. The van der Waals surface area contributed by atoms with E-state index in [4.69, 9.17) is 0 Å². The maximum absolute atomic E-state index is 11.5. The molecule has 1 saturated heterocycles. The van der Waals surface area contributed by atoms with Gasteiger partial charge in [-0.1, -0.05) is 39.5 Å². The molecule has 1 aliphatic heterocycles. The molecule has 2 aliphatic rings. The summed E-state index contributed by atoms with van der Waals surface area (Å²) in [6.45, 7) is 4.49. The van der Waals surface area contributed by atoms with E-state index >= 15 is 0 Å². The Morgan fingerprint density at radius 1 is 1.33 bits per heavy atom. The van der Waals surface area contributed by atoms with Gasteiger partial charge in [0.25, 0.3) is 0 Å². The van der Waals surface area contributed by atoms with Crippen LogP contribution in [0.3, 0.4) is 0 Å². The van der Waals surface area contributed by atoms with Crippen molar-refractivity contribution in [2.45, 2.75) is 58.4 Å². The van der Waals surface area contributed by atoms with Gasteiger partial charge in [-0.2, -0.15) is 0 Å². The summed E-state index contributed by atoms with van der Waals surface area (Å²) in [6, 6.07) is 0.473. The first-order chi connectivity index (χ1) is 7.16. The lowest BCUT2D eigenvalue weighted by Crippen LogP contribution is -2.32. The Kier molecular flexibility index (Phi) is 3.32. The SMILES string of the molecule is CC(C)CC1NC(=O)CC1C1CCCC1. The highest BCUT2D eigenvalue weighted by atomic mass is 16.2. The van der Waals surface area contributed by atoms with Crippen LogP contribution >= 0.6 is 0 Å². The van der Waals surface area contributed by atoms with Gasteiger partial charge < -0.3 is 5.32 Å². The van der Waals surface area contributed by atoms with Gasteiger partial charge in [0.2, 0.25) is 5.91 Å². The molecule has 2 rings (SSSR count). The van der Waals surface area contributed by atoms with Crippen LogP contribution in [0.4, 0.5) is 0 Å². The molecule has 1 heterocycles. The molecule has 1 N–H and O–H groups in total. The average Bonchev–Trinajstić information content (AvgIpc) is 2.72. The van der Waals surface area contributed by atoms with Crippen molar-refractivity contribution in [3.63, 3.8) is 0 Å². The molecule has 1 saturated carbocycles. The Labute approximate surface area is 92.8 Å². The summed E-state index contributed by atoms with van der Waals surface area (Å²) in [7, 11) is 0. The van der Waals surface area contributed by atoms with Gasteiger partial charge in [-0.3, -0.25) is 4.79 Å². The van der Waals surface area contributed by atoms with Crippen LogP contribution in [0, 0.1) is 17.8 Å². The van der Waals surface area contributed by atoms with Crippen LogP contribution in [0.15, 0.2) is 0 Å². The molecule has 0 aromatic carbocycles. The molecular weight excluding hydrogens is 186 g/mol. The lowest BCUT2D eigenvalue weighted by atomic mass is 9.82. The summed E-state index contributed by atoms with van der Waals surface area (Å²) in [5.74, 6) is 2.45. The molecule has 1 aliphatic carbocycles. The smallest absolute Gasteiger partial charge is 0.220 e. The van der Waals surface area contributed by atoms with Gasteiger partial charge in [-0.25, -0.2) is 0 Å². The highest BCUT2D eigenvalue weighted by molar-refractivity contribution is 5.79. The van der Waals surface area contributed by atoms with Gasteiger partial charge >= 0.3 is 0 Å². The molecule has 2 unspecified atom stereocenters. The van der Waals surface area contributed by atoms with Crippen LogP contribution in [0.5, 0.6) is 0 Å². The number of hydrogen-bond acceptors (Lipinski definition) is 1. The van der Waals surface area contributed by atoms with Crippen molar-refractivity contribution in [3.8, 4) is 0 Å². The van der Waals surface area contributed by atoms with Crippen LogP contribution in [0.1, 0.15) is 52.4 Å². The fraction of sp³-hybridized carbons (Fsp3) is 0.923. The van der Waals surface area contributed by atoms with Crippen molar-refractivity contribution in [2.24, 2.45) is 17.8 Å². The molecule has 0 bridgehead atoms. The van der Waals surface area contributed by atoms with E-state index in [0.717, 1.165) is 18.8 Å². The summed E-state index contributed by atoms with van der Waals surface area (Å²) in [4.78, 5) is 11.5. The van der Waals surface area contributed by atoms with E-state index in [0.29, 0.717) is 17.9 Å². The topological polar surface area (TPSA) is 29.1 Å². The van der Waals surface area contributed by atoms with E-state index in [2.05, 4.69) is 19.2 Å². The van der Waals surface area contributed by atoms with Crippen LogP contribution in [0.25, 0.3) is 0 Å². The van der Waals surface area contributed by atoms with Gasteiger partial charge in [0, 0.05) is 12.5 Å². The number of hydrogen-bond donors (Lipinski definition) is 1. The molecule has 2 nitrogen and oxygen atoms in total. The summed E-state index contributed by atoms with van der Waals surface area (Å²) >= 11 is 0. The quantitative estimate of drug-likeness (QED) is 0.761. The van der Waals surface area contributed by atoms with E-state index in [9.17, 15) is 4.79 Å². The number of rotatable bonds is 3. The van der Waals surface area contributed by atoms with E-state index < -0.39 is 0 Å². The van der Waals surface area contributed by atoms with Crippen molar-refractivity contribution in [1.82, 2.24) is 5.32 Å². The van der Waals surface area contributed by atoms with Gasteiger partial charge in [-0.15, -0.1) is 0 Å². The van der Waals surface area contributed by atoms with Crippen molar-refractivity contribution >= 4 is 5.91 Å². The minimum atomic E-state index is 0.289. The van der Waals surface area contributed by atoms with Crippen molar-refractivity contribution in [1.29, 1.82) is 0 Å². The number of carbonyl (C=O) groups is 1. The fourth-order valence-corrected chi connectivity index (χ4v) is 3.35. The molecule has 1 amide bonds. The summed E-state index contributed by atoms with van der Waals surface area (Å²) in [6.07, 6.45) is 7.42. The Balaban J connectivity index is 1.97. The van der Waals surface area contributed by atoms with Gasteiger partial charge in [0.05, 0.1) is 0 Å². The van der Waals surface area contributed by atoms with Crippen LogP contribution in [-0.4, -0.2) is 11.9 Å². The molecule has 0 spiro atoms. The number of carbonyl (C=O) groups excluding carboxylic acids is 1. The van der Waals surface area contributed by atoms with Crippen molar-refractivity contribution in [3.05, 3.63) is 0 Å². The standard InChI is InChI=1S/C13H23NO/c1-9(2)7-12-11(8-13(15)14-12)10-5-3-4-6-10/h9-12H,3-8H2,1-2H3,(H,14,15). The first-order valence-corrected chi connectivity index (χ1v) is 6.46. The van der Waals surface area contributed by atoms with E-state index in [1.807, 2.05) is 0 Å². The first-order valence-electron chi connectivity index (χ1n) is 6.46. The second kappa shape index (κ2) is 4.54. The lowest BCUT2D eigenvalue weighted by molar-refractivity contribution is -0.119. The first kappa shape index (κ1) is 11.0. The third-order valence-corrected chi connectivity index (χ3v) is 4.01. The minimum absolute atomic E-state index is 0.289. The zero-order valence-corrected chi connectivity index (χ0v) is 9.96. The molecule has 2 heteroatoms. The van der Waals surface area contributed by atoms with Gasteiger partial charge in [0.15, 0.2) is 0 Å². The molecule has 0 aromatic rings. The predicted molar refractivity (Wildman–Crippen MR) is 61.5 cm³/mol. The highest BCUT2D eigenvalue weighted by Crippen LogP contribution is 2.38. The molecule has 86 valence electrons. The van der Waals surface area contributed by atoms with Crippen molar-refractivity contribution in [2.75, 3.05) is 0 Å². The second-order valence-electron chi connectivity index (χ2n) is 5.72. The molecule has 2 atom stereocenters. The third kappa shape index (κ3) is 2.53. The maximum atomic E-state index is 11.5. The minimum Gasteiger partial charge on any atom is -0.353 e. The summed E-state index contributed by atoms with van der Waals surface area (Å²) in [5, 5.41) is 3.17. The highest BCUT2D eigenvalue weighted by Gasteiger charge is 2.38. The normalized spacial score (nSPS) is 32.6. The molecule has 0 aromatic heterocycles. The Bertz CT molecular complexity index is 231. The summed E-state index contributed by atoms with van der Waals surface area (Å²) in [5.41, 5.74) is 0. The Hall–Kier alpha value is -0.530.